The maximum Gasteiger partial charge on any atom is 1.00 e. The summed E-state index contributed by atoms with van der Waals surface area (Å²) in [7, 11) is 0. The van der Waals surface area contributed by atoms with Crippen LogP contribution in [0.15, 0.2) is 39.9 Å². The largest absolute Gasteiger partial charge is 1.00 e. The Morgan fingerprint density at radius 3 is 2.10 bits per heavy atom. The van der Waals surface area contributed by atoms with Gasteiger partial charge in [0.25, 0.3) is 5.56 Å². The number of carbonyl (C=O) groups is 2. The second kappa shape index (κ2) is 6.26. The normalized spacial score (nSPS) is 9.71. The van der Waals surface area contributed by atoms with E-state index in [1.54, 1.807) is 23.2 Å². The van der Waals surface area contributed by atoms with E-state index in [0.717, 1.165) is 0 Å². The molecule has 0 atom stereocenters. The van der Waals surface area contributed by atoms with E-state index < -0.39 is 34.4 Å². The molecule has 0 saturated heterocycles. The number of aromatic carboxylic acids is 2. The molecule has 0 fully saturated rings. The number of nitrogens with zero attached hydrogens (tertiary/aromatic N) is 1. The Morgan fingerprint density at radius 2 is 1.62 bits per heavy atom. The summed E-state index contributed by atoms with van der Waals surface area (Å²) in [6, 6.07) is 7.55. The molecule has 0 spiro atoms. The van der Waals surface area contributed by atoms with Crippen molar-refractivity contribution in [3.8, 4) is 5.69 Å². The molecule has 3 N–H and O–H groups in total. The molecule has 0 aliphatic heterocycles. The Labute approximate surface area is 130 Å². The Bertz CT molecular complexity index is 815. The molecule has 0 saturated carbocycles. The molecule has 0 bridgehead atoms. The van der Waals surface area contributed by atoms with Crippen LogP contribution < -0.4 is 30.1 Å². The van der Waals surface area contributed by atoms with Gasteiger partial charge in [-0.25, -0.2) is 14.4 Å². The Kier molecular flexibility index (Phi) is 4.91. The summed E-state index contributed by atoms with van der Waals surface area (Å²) in [5, 5.41) is 18.1. The minimum atomic E-state index is -1.73. The number of para-hydroxylation sites is 1. The van der Waals surface area contributed by atoms with Crippen molar-refractivity contribution in [3.05, 3.63) is 62.4 Å². The molecule has 9 heteroatoms. The zero-order valence-corrected chi connectivity index (χ0v) is 10.9. The quantitative estimate of drug-likeness (QED) is 0.516. The number of rotatable bonds is 3. The average Bonchev–Trinajstić information content (AvgIpc) is 2.38. The molecule has 8 nitrogen and oxygen atoms in total. The SMILES string of the molecule is O=C(O)c1c(C(=O)O)n(-c2ccccc2)c(=O)[nH]c1=O.[H-].[Li+]. The number of benzene rings is 1. The molecule has 1 heterocycles. The third kappa shape index (κ3) is 2.96. The molecule has 2 rings (SSSR count). The molecule has 0 radical (unpaired) electrons. The number of hydrogen-bond acceptors (Lipinski definition) is 4. The van der Waals surface area contributed by atoms with E-state index in [1.807, 2.05) is 0 Å². The van der Waals surface area contributed by atoms with Crippen molar-refractivity contribution >= 4 is 11.9 Å². The number of hydrogen-bond donors (Lipinski definition) is 3. The van der Waals surface area contributed by atoms with Gasteiger partial charge in [0.1, 0.15) is 0 Å². The molecule has 0 unspecified atom stereocenters. The van der Waals surface area contributed by atoms with E-state index in [2.05, 4.69) is 0 Å². The number of carboxylic acids is 2. The maximum absolute atomic E-state index is 11.8. The van der Waals surface area contributed by atoms with Crippen LogP contribution in [0.5, 0.6) is 0 Å². The summed E-state index contributed by atoms with van der Waals surface area (Å²) in [5.41, 5.74) is -4.04. The molecular formula is C12H9LiN2O6. The Hall–Kier alpha value is -2.56. The van der Waals surface area contributed by atoms with Crippen molar-refractivity contribution in [1.29, 1.82) is 0 Å². The molecule has 1 aromatic carbocycles. The summed E-state index contributed by atoms with van der Waals surface area (Å²) in [4.78, 5) is 47.4. The van der Waals surface area contributed by atoms with Gasteiger partial charge in [0, 0.05) is 0 Å². The summed E-state index contributed by atoms with van der Waals surface area (Å²) in [6.07, 6.45) is 0. The van der Waals surface area contributed by atoms with Crippen LogP contribution in [-0.2, 0) is 0 Å². The summed E-state index contributed by atoms with van der Waals surface area (Å²) < 4.78 is 0.632. The zero-order chi connectivity index (χ0) is 14.9. The topological polar surface area (TPSA) is 129 Å². The first-order chi connectivity index (χ1) is 9.43. The Balaban J connectivity index is 0.00000220. The van der Waals surface area contributed by atoms with Crippen molar-refractivity contribution in [2.75, 3.05) is 0 Å². The second-order valence-electron chi connectivity index (χ2n) is 3.76. The van der Waals surface area contributed by atoms with Crippen LogP contribution in [0, 0.1) is 0 Å². The van der Waals surface area contributed by atoms with E-state index >= 15 is 0 Å². The van der Waals surface area contributed by atoms with Crippen LogP contribution >= 0.6 is 0 Å². The Morgan fingerprint density at radius 1 is 1.05 bits per heavy atom. The van der Waals surface area contributed by atoms with Gasteiger partial charge >= 0.3 is 36.5 Å². The van der Waals surface area contributed by atoms with E-state index in [4.69, 9.17) is 10.2 Å². The van der Waals surface area contributed by atoms with Crippen LogP contribution in [-0.4, -0.2) is 31.7 Å². The van der Waals surface area contributed by atoms with Gasteiger partial charge in [-0.15, -0.1) is 0 Å². The maximum atomic E-state index is 11.8. The first kappa shape index (κ1) is 16.5. The third-order valence-electron chi connectivity index (χ3n) is 2.54. The van der Waals surface area contributed by atoms with Gasteiger partial charge in [0.15, 0.2) is 11.3 Å². The van der Waals surface area contributed by atoms with Crippen molar-refractivity contribution in [2.45, 2.75) is 0 Å². The number of H-pyrrole nitrogens is 1. The van der Waals surface area contributed by atoms with Gasteiger partial charge in [0.2, 0.25) is 0 Å². The minimum absolute atomic E-state index is 0. The van der Waals surface area contributed by atoms with Crippen molar-refractivity contribution < 1.29 is 40.1 Å². The van der Waals surface area contributed by atoms with E-state index in [-0.39, 0.29) is 26.0 Å². The van der Waals surface area contributed by atoms with Crippen LogP contribution in [0.3, 0.4) is 0 Å². The molecule has 104 valence electrons. The summed E-state index contributed by atoms with van der Waals surface area (Å²) in [6.45, 7) is 0. The van der Waals surface area contributed by atoms with Gasteiger partial charge in [-0.1, -0.05) is 18.2 Å². The van der Waals surface area contributed by atoms with E-state index in [0.29, 0.717) is 4.57 Å². The average molecular weight is 284 g/mol. The first-order valence-electron chi connectivity index (χ1n) is 5.35. The summed E-state index contributed by atoms with van der Waals surface area (Å²) >= 11 is 0. The van der Waals surface area contributed by atoms with Crippen LogP contribution in [0.4, 0.5) is 0 Å². The van der Waals surface area contributed by atoms with Gasteiger partial charge in [-0.3, -0.25) is 14.3 Å². The van der Waals surface area contributed by atoms with Gasteiger partial charge < -0.3 is 11.6 Å². The van der Waals surface area contributed by atoms with Crippen molar-refractivity contribution in [3.63, 3.8) is 0 Å². The van der Waals surface area contributed by atoms with Gasteiger partial charge in [-0.2, -0.15) is 0 Å². The molecule has 21 heavy (non-hydrogen) atoms. The van der Waals surface area contributed by atoms with Crippen LogP contribution in [0.25, 0.3) is 5.69 Å². The molecular weight excluding hydrogens is 275 g/mol. The third-order valence-corrected chi connectivity index (χ3v) is 2.54. The first-order valence-corrected chi connectivity index (χ1v) is 5.35. The fourth-order valence-corrected chi connectivity index (χ4v) is 1.76. The molecule has 0 amide bonds. The number of aromatic amines is 1. The fraction of sp³-hybridized carbons (Fsp3) is 0. The number of aromatic nitrogens is 2. The minimum Gasteiger partial charge on any atom is -1.00 e. The van der Waals surface area contributed by atoms with E-state index in [9.17, 15) is 19.2 Å². The summed E-state index contributed by atoms with van der Waals surface area (Å²) in [5.74, 6) is -3.41. The van der Waals surface area contributed by atoms with Crippen LogP contribution in [0.1, 0.15) is 22.3 Å². The second-order valence-corrected chi connectivity index (χ2v) is 3.76. The monoisotopic (exact) mass is 284 g/mol. The predicted octanol–water partition coefficient (Wildman–Crippen LogP) is -2.96. The molecule has 0 aliphatic rings. The molecule has 2 aromatic rings. The standard InChI is InChI=1S/C12H8N2O6.Li.H/c15-9-7(10(16)17)8(11(18)19)14(12(20)13-9)6-4-2-1-3-5-6;;/h1-5H,(H,16,17)(H,18,19)(H,13,15,20);;/q;+1;-1. The van der Waals surface area contributed by atoms with E-state index in [1.165, 1.54) is 12.1 Å². The zero-order valence-electron chi connectivity index (χ0n) is 11.9. The van der Waals surface area contributed by atoms with Gasteiger partial charge in [0.05, 0.1) is 5.69 Å². The number of nitrogens with one attached hydrogen (secondary N) is 1. The van der Waals surface area contributed by atoms with Crippen molar-refractivity contribution in [2.24, 2.45) is 0 Å². The van der Waals surface area contributed by atoms with Crippen molar-refractivity contribution in [1.82, 2.24) is 9.55 Å². The van der Waals surface area contributed by atoms with Gasteiger partial charge in [-0.05, 0) is 12.1 Å². The predicted molar refractivity (Wildman–Crippen MR) is 67.7 cm³/mol. The smallest absolute Gasteiger partial charge is 1.00 e. The number of carboxylic acid groups (broad SMARTS) is 2. The fourth-order valence-electron chi connectivity index (χ4n) is 1.76. The molecule has 0 aliphatic carbocycles. The molecule has 1 aromatic heterocycles. The van der Waals surface area contributed by atoms with Crippen LogP contribution in [0.2, 0.25) is 0 Å².